The van der Waals surface area contributed by atoms with Gasteiger partial charge < -0.3 is 16.0 Å². The molecule has 1 fully saturated rings. The van der Waals surface area contributed by atoms with E-state index >= 15 is 0 Å². The van der Waals surface area contributed by atoms with Gasteiger partial charge in [0, 0.05) is 31.6 Å². The number of hydrogen-bond donors (Lipinski definition) is 2. The Hall–Kier alpha value is -1.95. The molecule has 1 aromatic rings. The van der Waals surface area contributed by atoms with Gasteiger partial charge in [0.1, 0.15) is 5.82 Å². The summed E-state index contributed by atoms with van der Waals surface area (Å²) < 4.78 is 13.6. The number of halogens is 1. The minimum Gasteiger partial charge on any atom is -0.338 e. The highest BCUT2D eigenvalue weighted by Gasteiger charge is 2.26. The Morgan fingerprint density at radius 2 is 2.18 bits per heavy atom. The van der Waals surface area contributed by atoms with Gasteiger partial charge in [-0.3, -0.25) is 9.59 Å². The summed E-state index contributed by atoms with van der Waals surface area (Å²) in [6, 6.07) is 4.07. The van der Waals surface area contributed by atoms with E-state index in [1.165, 1.54) is 25.1 Å². The van der Waals surface area contributed by atoms with Crippen LogP contribution in [0.3, 0.4) is 0 Å². The number of benzene rings is 1. The summed E-state index contributed by atoms with van der Waals surface area (Å²) in [4.78, 5) is 25.4. The highest BCUT2D eigenvalue weighted by molar-refractivity contribution is 5.97. The summed E-state index contributed by atoms with van der Waals surface area (Å²) in [5, 5.41) is 2.39. The molecule has 0 radical (unpaired) electrons. The van der Waals surface area contributed by atoms with E-state index < -0.39 is 5.82 Å². The zero-order valence-electron chi connectivity index (χ0n) is 12.9. The van der Waals surface area contributed by atoms with Crippen molar-refractivity contribution in [1.29, 1.82) is 0 Å². The first-order valence-electron chi connectivity index (χ1n) is 7.50. The Labute approximate surface area is 129 Å². The number of nitrogens with two attached hydrogens (primary N) is 1. The summed E-state index contributed by atoms with van der Waals surface area (Å²) in [5.41, 5.74) is 6.33. The van der Waals surface area contributed by atoms with Gasteiger partial charge in [0.2, 0.25) is 5.91 Å². The monoisotopic (exact) mass is 307 g/mol. The normalized spacial score (nSPS) is 19.6. The lowest BCUT2D eigenvalue weighted by Gasteiger charge is -2.34. The van der Waals surface area contributed by atoms with Gasteiger partial charge in [-0.1, -0.05) is 0 Å². The van der Waals surface area contributed by atoms with E-state index in [1.807, 2.05) is 6.92 Å². The molecule has 0 saturated carbocycles. The molecule has 2 unspecified atom stereocenters. The molecule has 1 saturated heterocycles. The molecule has 120 valence electrons. The minimum atomic E-state index is -0.557. The van der Waals surface area contributed by atoms with E-state index in [0.29, 0.717) is 18.7 Å². The lowest BCUT2D eigenvalue weighted by molar-refractivity contribution is -0.114. The molecule has 6 heteroatoms. The average molecular weight is 307 g/mol. The third-order valence-corrected chi connectivity index (χ3v) is 4.01. The standard InChI is InChI=1S/C16H22FN3O2/c1-10(18)13-4-3-7-20(9-13)16(22)12-5-6-14(17)15(8-12)19-11(2)21/h5-6,8,10,13H,3-4,7,9,18H2,1-2H3,(H,19,21). The van der Waals surface area contributed by atoms with Gasteiger partial charge in [0.25, 0.3) is 5.91 Å². The van der Waals surface area contributed by atoms with Crippen molar-refractivity contribution in [3.8, 4) is 0 Å². The number of rotatable bonds is 3. The van der Waals surface area contributed by atoms with E-state index in [4.69, 9.17) is 5.73 Å². The first kappa shape index (κ1) is 16.4. The molecule has 0 aromatic heterocycles. The molecular formula is C16H22FN3O2. The molecule has 2 atom stereocenters. The molecule has 1 aliphatic rings. The van der Waals surface area contributed by atoms with E-state index in [9.17, 15) is 14.0 Å². The van der Waals surface area contributed by atoms with Crippen LogP contribution in [0.1, 0.15) is 37.0 Å². The lowest BCUT2D eigenvalue weighted by atomic mass is 9.92. The van der Waals surface area contributed by atoms with Crippen molar-refractivity contribution >= 4 is 17.5 Å². The summed E-state index contributed by atoms with van der Waals surface area (Å²) in [7, 11) is 0. The molecule has 0 aliphatic carbocycles. The predicted molar refractivity (Wildman–Crippen MR) is 83.0 cm³/mol. The summed E-state index contributed by atoms with van der Waals surface area (Å²) in [6.07, 6.45) is 1.93. The van der Waals surface area contributed by atoms with Crippen LogP contribution in [0.15, 0.2) is 18.2 Å². The van der Waals surface area contributed by atoms with Crippen LogP contribution in [-0.4, -0.2) is 35.8 Å². The molecule has 3 N–H and O–H groups in total. The van der Waals surface area contributed by atoms with Crippen LogP contribution >= 0.6 is 0 Å². The van der Waals surface area contributed by atoms with Crippen LogP contribution in [0.5, 0.6) is 0 Å². The molecule has 1 aromatic carbocycles. The maximum absolute atomic E-state index is 13.6. The van der Waals surface area contributed by atoms with Crippen molar-refractivity contribution in [2.75, 3.05) is 18.4 Å². The zero-order chi connectivity index (χ0) is 16.3. The number of amides is 2. The van der Waals surface area contributed by atoms with Gasteiger partial charge in [0.15, 0.2) is 0 Å². The Morgan fingerprint density at radius 1 is 1.45 bits per heavy atom. The highest BCUT2D eigenvalue weighted by atomic mass is 19.1. The van der Waals surface area contributed by atoms with Crippen molar-refractivity contribution in [2.24, 2.45) is 11.7 Å². The van der Waals surface area contributed by atoms with Gasteiger partial charge >= 0.3 is 0 Å². The fourth-order valence-electron chi connectivity index (χ4n) is 2.75. The second-order valence-electron chi connectivity index (χ2n) is 5.89. The van der Waals surface area contributed by atoms with Crippen LogP contribution in [0.25, 0.3) is 0 Å². The van der Waals surface area contributed by atoms with Crippen LogP contribution in [0.4, 0.5) is 10.1 Å². The van der Waals surface area contributed by atoms with Gasteiger partial charge in [0.05, 0.1) is 5.69 Å². The number of hydrogen-bond acceptors (Lipinski definition) is 3. The van der Waals surface area contributed by atoms with Crippen molar-refractivity contribution in [2.45, 2.75) is 32.7 Å². The number of piperidine rings is 1. The molecule has 1 heterocycles. The molecular weight excluding hydrogens is 285 g/mol. The number of likely N-dealkylation sites (tertiary alicyclic amines) is 1. The summed E-state index contributed by atoms with van der Waals surface area (Å²) >= 11 is 0. The minimum absolute atomic E-state index is 0.0269. The van der Waals surface area contributed by atoms with Crippen LogP contribution in [-0.2, 0) is 4.79 Å². The second-order valence-corrected chi connectivity index (χ2v) is 5.89. The lowest BCUT2D eigenvalue weighted by Crippen LogP contribution is -2.45. The van der Waals surface area contributed by atoms with Gasteiger partial charge in [-0.15, -0.1) is 0 Å². The van der Waals surface area contributed by atoms with Crippen LogP contribution in [0.2, 0.25) is 0 Å². The third-order valence-electron chi connectivity index (χ3n) is 4.01. The molecule has 1 aliphatic heterocycles. The Bertz CT molecular complexity index is 575. The SMILES string of the molecule is CC(=O)Nc1cc(C(=O)N2CCCC(C(C)N)C2)ccc1F. The molecule has 0 bridgehead atoms. The first-order valence-corrected chi connectivity index (χ1v) is 7.50. The van der Waals surface area contributed by atoms with Crippen molar-refractivity contribution in [1.82, 2.24) is 4.90 Å². The quantitative estimate of drug-likeness (QED) is 0.896. The van der Waals surface area contributed by atoms with Crippen molar-refractivity contribution < 1.29 is 14.0 Å². The number of carbonyl (C=O) groups is 2. The highest BCUT2D eigenvalue weighted by Crippen LogP contribution is 2.22. The second kappa shape index (κ2) is 6.87. The van der Waals surface area contributed by atoms with Crippen molar-refractivity contribution in [3.05, 3.63) is 29.6 Å². The first-order chi connectivity index (χ1) is 10.4. The third kappa shape index (κ3) is 3.82. The Morgan fingerprint density at radius 3 is 2.82 bits per heavy atom. The number of anilines is 1. The largest absolute Gasteiger partial charge is 0.338 e. The Balaban J connectivity index is 2.16. The van der Waals surface area contributed by atoms with E-state index in [1.54, 1.807) is 4.90 Å². The fourth-order valence-corrected chi connectivity index (χ4v) is 2.75. The predicted octanol–water partition coefficient (Wildman–Crippen LogP) is 1.98. The van der Waals surface area contributed by atoms with Gasteiger partial charge in [-0.05, 0) is 43.9 Å². The number of nitrogens with zero attached hydrogens (tertiary/aromatic N) is 1. The smallest absolute Gasteiger partial charge is 0.253 e. The molecule has 2 rings (SSSR count). The average Bonchev–Trinajstić information content (AvgIpc) is 2.48. The molecule has 5 nitrogen and oxygen atoms in total. The maximum atomic E-state index is 13.6. The van der Waals surface area contributed by atoms with Gasteiger partial charge in [-0.2, -0.15) is 0 Å². The summed E-state index contributed by atoms with van der Waals surface area (Å²) in [5.74, 6) is -0.803. The summed E-state index contributed by atoms with van der Waals surface area (Å²) in [6.45, 7) is 4.54. The van der Waals surface area contributed by atoms with E-state index in [0.717, 1.165) is 12.8 Å². The number of nitrogens with one attached hydrogen (secondary N) is 1. The van der Waals surface area contributed by atoms with Crippen molar-refractivity contribution in [3.63, 3.8) is 0 Å². The fraction of sp³-hybridized carbons (Fsp3) is 0.500. The van der Waals surface area contributed by atoms with Crippen LogP contribution < -0.4 is 11.1 Å². The number of carbonyl (C=O) groups excluding carboxylic acids is 2. The van der Waals surface area contributed by atoms with E-state index in [-0.39, 0.29) is 29.5 Å². The van der Waals surface area contributed by atoms with Gasteiger partial charge in [-0.25, -0.2) is 4.39 Å². The Kier molecular flexibility index (Phi) is 5.13. The topological polar surface area (TPSA) is 75.4 Å². The molecule has 2 amide bonds. The zero-order valence-corrected chi connectivity index (χ0v) is 12.9. The maximum Gasteiger partial charge on any atom is 0.253 e. The van der Waals surface area contributed by atoms with Crippen LogP contribution in [0, 0.1) is 11.7 Å². The van der Waals surface area contributed by atoms with E-state index in [2.05, 4.69) is 5.32 Å². The molecule has 0 spiro atoms. The molecule has 22 heavy (non-hydrogen) atoms.